The summed E-state index contributed by atoms with van der Waals surface area (Å²) in [4.78, 5) is 10.6. The van der Waals surface area contributed by atoms with E-state index in [1.807, 2.05) is 44.2 Å². The maximum atomic E-state index is 5.63. The van der Waals surface area contributed by atoms with Crippen molar-refractivity contribution >= 4 is 15.9 Å². The van der Waals surface area contributed by atoms with Crippen LogP contribution in [0.1, 0.15) is 25.7 Å². The summed E-state index contributed by atoms with van der Waals surface area (Å²) in [5.41, 5.74) is 0.966. The van der Waals surface area contributed by atoms with Gasteiger partial charge in [-0.1, -0.05) is 46.3 Å². The van der Waals surface area contributed by atoms with Gasteiger partial charge in [0.05, 0.1) is 10.9 Å². The predicted molar refractivity (Wildman–Crippen MR) is 64.1 cm³/mol. The third kappa shape index (κ3) is 2.83. The second kappa shape index (κ2) is 4.84. The lowest BCUT2D eigenvalue weighted by Crippen LogP contribution is -2.41. The molecule has 0 bridgehead atoms. The number of benzene rings is 1. The number of hydrogen-bond donors (Lipinski definition) is 0. The molecule has 4 heteroatoms. The van der Waals surface area contributed by atoms with E-state index in [-0.39, 0.29) is 10.4 Å². The second-order valence-corrected chi connectivity index (χ2v) is 6.37. The van der Waals surface area contributed by atoms with Gasteiger partial charge in [0.15, 0.2) is 0 Å². The number of hydrogen-bond acceptors (Lipinski definition) is 3. The van der Waals surface area contributed by atoms with Crippen molar-refractivity contribution in [2.24, 2.45) is 0 Å². The molecule has 1 aromatic carbocycles. The first kappa shape index (κ1) is 12.0. The fourth-order valence-electron chi connectivity index (χ4n) is 1.42. The minimum atomic E-state index is -0.424. The van der Waals surface area contributed by atoms with E-state index in [2.05, 4.69) is 15.9 Å². The summed E-state index contributed by atoms with van der Waals surface area (Å²) >= 11 is 3.53. The largest absolute Gasteiger partial charge is 0.343 e. The average molecular weight is 287 g/mol. The van der Waals surface area contributed by atoms with Crippen molar-refractivity contribution in [3.05, 3.63) is 35.9 Å². The van der Waals surface area contributed by atoms with Gasteiger partial charge in [-0.2, -0.15) is 4.89 Å². The number of halogens is 1. The van der Waals surface area contributed by atoms with Crippen LogP contribution < -0.4 is 0 Å². The Labute approximate surface area is 104 Å². The van der Waals surface area contributed by atoms with Crippen molar-refractivity contribution in [3.63, 3.8) is 0 Å². The van der Waals surface area contributed by atoms with Crippen molar-refractivity contribution in [2.75, 3.05) is 6.61 Å². The van der Waals surface area contributed by atoms with Gasteiger partial charge in [-0.05, 0) is 13.8 Å². The molecule has 0 spiro atoms. The van der Waals surface area contributed by atoms with E-state index < -0.39 is 6.29 Å². The standard InChI is InChI=1S/C12H15BrO3/c1-12(2,13)10-8-14-11(16-15-10)9-6-4-3-5-7-9/h3-7,10-11H,8H2,1-2H3. The molecule has 1 fully saturated rings. The predicted octanol–water partition coefficient (Wildman–Crippen LogP) is 3.21. The third-order valence-electron chi connectivity index (χ3n) is 2.50. The lowest BCUT2D eigenvalue weighted by molar-refractivity contribution is -0.448. The van der Waals surface area contributed by atoms with Crippen LogP contribution in [-0.2, 0) is 14.5 Å². The monoisotopic (exact) mass is 286 g/mol. The lowest BCUT2D eigenvalue weighted by atomic mass is 10.1. The van der Waals surface area contributed by atoms with Crippen molar-refractivity contribution < 1.29 is 14.5 Å². The molecular formula is C12H15BrO3. The van der Waals surface area contributed by atoms with Crippen molar-refractivity contribution in [1.29, 1.82) is 0 Å². The minimum Gasteiger partial charge on any atom is -0.343 e. The van der Waals surface area contributed by atoms with Crippen molar-refractivity contribution in [1.82, 2.24) is 0 Å². The van der Waals surface area contributed by atoms with Crippen LogP contribution in [0.3, 0.4) is 0 Å². The zero-order valence-corrected chi connectivity index (χ0v) is 10.9. The van der Waals surface area contributed by atoms with Crippen molar-refractivity contribution in [2.45, 2.75) is 30.6 Å². The molecule has 2 atom stereocenters. The highest BCUT2D eigenvalue weighted by molar-refractivity contribution is 9.10. The van der Waals surface area contributed by atoms with Gasteiger partial charge in [0, 0.05) is 5.56 Å². The molecule has 0 amide bonds. The Hall–Kier alpha value is -0.420. The summed E-state index contributed by atoms with van der Waals surface area (Å²) in [6, 6.07) is 9.75. The van der Waals surface area contributed by atoms with Gasteiger partial charge >= 0.3 is 0 Å². The molecule has 2 rings (SSSR count). The normalized spacial score (nSPS) is 26.7. The molecule has 2 unspecified atom stereocenters. The molecule has 1 saturated heterocycles. The average Bonchev–Trinajstić information content (AvgIpc) is 2.29. The first-order valence-corrected chi connectivity index (χ1v) is 6.04. The Morgan fingerprint density at radius 3 is 2.38 bits per heavy atom. The molecule has 0 aliphatic carbocycles. The van der Waals surface area contributed by atoms with Gasteiger partial charge in [-0.15, -0.1) is 0 Å². The first-order valence-electron chi connectivity index (χ1n) is 5.25. The van der Waals surface area contributed by atoms with Crippen LogP contribution >= 0.6 is 15.9 Å². The first-order chi connectivity index (χ1) is 7.57. The van der Waals surface area contributed by atoms with Gasteiger partial charge in [0.2, 0.25) is 6.29 Å². The topological polar surface area (TPSA) is 27.7 Å². The van der Waals surface area contributed by atoms with E-state index in [0.29, 0.717) is 6.61 Å². The smallest absolute Gasteiger partial charge is 0.217 e. The number of rotatable bonds is 2. The van der Waals surface area contributed by atoms with Crippen LogP contribution in [-0.4, -0.2) is 17.0 Å². The molecule has 16 heavy (non-hydrogen) atoms. The molecule has 1 aliphatic heterocycles. The molecule has 1 heterocycles. The Kier molecular flexibility index (Phi) is 3.64. The molecule has 0 aromatic heterocycles. The molecule has 3 nitrogen and oxygen atoms in total. The van der Waals surface area contributed by atoms with E-state index >= 15 is 0 Å². The zero-order chi connectivity index (χ0) is 11.6. The van der Waals surface area contributed by atoms with Crippen LogP contribution in [0.4, 0.5) is 0 Å². The van der Waals surface area contributed by atoms with E-state index in [1.165, 1.54) is 0 Å². The highest BCUT2D eigenvalue weighted by Crippen LogP contribution is 2.31. The Morgan fingerprint density at radius 2 is 1.88 bits per heavy atom. The van der Waals surface area contributed by atoms with E-state index in [9.17, 15) is 0 Å². The number of ether oxygens (including phenoxy) is 1. The molecule has 0 radical (unpaired) electrons. The van der Waals surface area contributed by atoms with Crippen molar-refractivity contribution in [3.8, 4) is 0 Å². The molecule has 88 valence electrons. The van der Waals surface area contributed by atoms with Gasteiger partial charge in [0.25, 0.3) is 0 Å². The summed E-state index contributed by atoms with van der Waals surface area (Å²) in [5.74, 6) is 0. The van der Waals surface area contributed by atoms with Crippen LogP contribution in [0.5, 0.6) is 0 Å². The summed E-state index contributed by atoms with van der Waals surface area (Å²) in [6.07, 6.45) is -0.528. The van der Waals surface area contributed by atoms with Crippen LogP contribution in [0, 0.1) is 0 Å². The Morgan fingerprint density at radius 1 is 1.19 bits per heavy atom. The molecule has 0 saturated carbocycles. The third-order valence-corrected chi connectivity index (χ3v) is 3.01. The molecule has 0 N–H and O–H groups in total. The maximum Gasteiger partial charge on any atom is 0.217 e. The summed E-state index contributed by atoms with van der Waals surface area (Å²) in [6.45, 7) is 4.55. The van der Waals surface area contributed by atoms with Crippen LogP contribution in [0.25, 0.3) is 0 Å². The zero-order valence-electron chi connectivity index (χ0n) is 9.35. The Balaban J connectivity index is 1.96. The second-order valence-electron chi connectivity index (χ2n) is 4.32. The fraction of sp³-hybridized carbons (Fsp3) is 0.500. The highest BCUT2D eigenvalue weighted by Gasteiger charge is 2.34. The van der Waals surface area contributed by atoms with E-state index in [1.54, 1.807) is 0 Å². The summed E-state index contributed by atoms with van der Waals surface area (Å²) in [7, 11) is 0. The quantitative estimate of drug-likeness (QED) is 0.617. The van der Waals surface area contributed by atoms with Gasteiger partial charge < -0.3 is 4.74 Å². The summed E-state index contributed by atoms with van der Waals surface area (Å²) < 4.78 is 5.47. The number of alkyl halides is 1. The van der Waals surface area contributed by atoms with Gasteiger partial charge in [-0.25, -0.2) is 4.89 Å². The highest BCUT2D eigenvalue weighted by atomic mass is 79.9. The van der Waals surface area contributed by atoms with E-state index in [4.69, 9.17) is 14.5 Å². The van der Waals surface area contributed by atoms with Gasteiger partial charge in [-0.3, -0.25) is 0 Å². The minimum absolute atomic E-state index is 0.104. The SMILES string of the molecule is CC(C)(Br)C1COC(c2ccccc2)OO1. The molecule has 1 aromatic rings. The fourth-order valence-corrected chi connectivity index (χ4v) is 1.63. The Bertz CT molecular complexity index is 326. The van der Waals surface area contributed by atoms with E-state index in [0.717, 1.165) is 5.56 Å². The van der Waals surface area contributed by atoms with Crippen LogP contribution in [0.2, 0.25) is 0 Å². The summed E-state index contributed by atoms with van der Waals surface area (Å²) in [5, 5.41) is 0. The lowest BCUT2D eigenvalue weighted by Gasteiger charge is -2.34. The molecular weight excluding hydrogens is 272 g/mol. The maximum absolute atomic E-state index is 5.63. The van der Waals surface area contributed by atoms with Gasteiger partial charge in [0.1, 0.15) is 6.10 Å². The molecule has 1 aliphatic rings. The van der Waals surface area contributed by atoms with Crippen LogP contribution in [0.15, 0.2) is 30.3 Å².